The van der Waals surface area contributed by atoms with E-state index in [1.165, 1.54) is 11.3 Å². The minimum absolute atomic E-state index is 0.00407. The second-order valence-electron chi connectivity index (χ2n) is 7.34. The van der Waals surface area contributed by atoms with Crippen molar-refractivity contribution >= 4 is 33.9 Å². The molecule has 0 saturated heterocycles. The van der Waals surface area contributed by atoms with Gasteiger partial charge < -0.3 is 10.2 Å². The van der Waals surface area contributed by atoms with Crippen molar-refractivity contribution in [3.63, 3.8) is 0 Å². The van der Waals surface area contributed by atoms with Crippen LogP contribution in [0.5, 0.6) is 0 Å². The third-order valence-corrected chi connectivity index (χ3v) is 5.85. The van der Waals surface area contributed by atoms with E-state index in [1.807, 2.05) is 47.4 Å². The van der Waals surface area contributed by atoms with Crippen LogP contribution in [0, 0.1) is 0 Å². The molecule has 3 aromatic rings. The van der Waals surface area contributed by atoms with Crippen LogP contribution in [0.15, 0.2) is 47.8 Å². The Morgan fingerprint density at radius 3 is 2.60 bits per heavy atom. The van der Waals surface area contributed by atoms with Crippen molar-refractivity contribution in [1.82, 2.24) is 15.2 Å². The minimum atomic E-state index is -0.147. The van der Waals surface area contributed by atoms with Crippen molar-refractivity contribution in [2.75, 3.05) is 13.1 Å². The maximum Gasteiger partial charge on any atom is 0.270 e. The SMILES string of the molecule is CCCCNC(=O)c1csc(CN(CCCC)C(=O)c2cccc3ccccc23)n1. The lowest BCUT2D eigenvalue weighted by Crippen LogP contribution is -2.31. The zero-order valence-electron chi connectivity index (χ0n) is 17.7. The van der Waals surface area contributed by atoms with Crippen LogP contribution in [-0.4, -0.2) is 34.8 Å². The van der Waals surface area contributed by atoms with Gasteiger partial charge in [0.05, 0.1) is 6.54 Å². The average Bonchev–Trinajstić information content (AvgIpc) is 3.24. The molecule has 0 aliphatic rings. The summed E-state index contributed by atoms with van der Waals surface area (Å²) < 4.78 is 0. The van der Waals surface area contributed by atoms with Crippen LogP contribution < -0.4 is 5.32 Å². The zero-order valence-corrected chi connectivity index (χ0v) is 18.5. The van der Waals surface area contributed by atoms with E-state index in [1.54, 1.807) is 5.38 Å². The number of rotatable bonds is 10. The van der Waals surface area contributed by atoms with E-state index in [0.717, 1.165) is 41.5 Å². The summed E-state index contributed by atoms with van der Waals surface area (Å²) in [6, 6.07) is 13.8. The number of unbranched alkanes of at least 4 members (excludes halogenated alkanes) is 2. The Morgan fingerprint density at radius 1 is 1.03 bits per heavy atom. The molecule has 0 unspecified atom stereocenters. The normalized spacial score (nSPS) is 10.9. The third kappa shape index (κ3) is 5.45. The van der Waals surface area contributed by atoms with Gasteiger partial charge in [-0.3, -0.25) is 9.59 Å². The number of fused-ring (bicyclic) bond motifs is 1. The molecule has 1 aromatic heterocycles. The van der Waals surface area contributed by atoms with Gasteiger partial charge in [-0.25, -0.2) is 4.98 Å². The number of amides is 2. The quantitative estimate of drug-likeness (QED) is 0.452. The smallest absolute Gasteiger partial charge is 0.270 e. The number of nitrogens with zero attached hydrogens (tertiary/aromatic N) is 2. The molecule has 0 radical (unpaired) electrons. The molecule has 6 heteroatoms. The molecular weight excluding hydrogens is 394 g/mol. The number of carbonyl (C=O) groups excluding carboxylic acids is 2. The van der Waals surface area contributed by atoms with E-state index in [-0.39, 0.29) is 11.8 Å². The molecule has 0 aliphatic carbocycles. The van der Waals surface area contributed by atoms with Gasteiger partial charge in [0.1, 0.15) is 10.7 Å². The van der Waals surface area contributed by atoms with Gasteiger partial charge in [0, 0.05) is 24.0 Å². The molecule has 0 atom stereocenters. The van der Waals surface area contributed by atoms with Gasteiger partial charge >= 0.3 is 0 Å². The van der Waals surface area contributed by atoms with Crippen LogP contribution in [0.2, 0.25) is 0 Å². The van der Waals surface area contributed by atoms with Crippen LogP contribution in [0.3, 0.4) is 0 Å². The number of benzene rings is 2. The summed E-state index contributed by atoms with van der Waals surface area (Å²) in [5, 5.41) is 7.46. The maximum absolute atomic E-state index is 13.4. The molecular formula is C24H29N3O2S. The first-order valence-corrected chi connectivity index (χ1v) is 11.5. The lowest BCUT2D eigenvalue weighted by atomic mass is 10.0. The molecule has 1 heterocycles. The Labute approximate surface area is 182 Å². The molecule has 2 amide bonds. The molecule has 2 aromatic carbocycles. The van der Waals surface area contributed by atoms with Gasteiger partial charge in [-0.2, -0.15) is 0 Å². The topological polar surface area (TPSA) is 62.3 Å². The molecule has 0 saturated carbocycles. The largest absolute Gasteiger partial charge is 0.351 e. The van der Waals surface area contributed by atoms with Gasteiger partial charge in [0.15, 0.2) is 0 Å². The zero-order chi connectivity index (χ0) is 21.3. The van der Waals surface area contributed by atoms with Crippen LogP contribution >= 0.6 is 11.3 Å². The maximum atomic E-state index is 13.4. The van der Waals surface area contributed by atoms with Crippen LogP contribution in [-0.2, 0) is 6.54 Å². The third-order valence-electron chi connectivity index (χ3n) is 5.02. The number of hydrogen-bond donors (Lipinski definition) is 1. The number of hydrogen-bond acceptors (Lipinski definition) is 4. The van der Waals surface area contributed by atoms with Crippen molar-refractivity contribution in [1.29, 1.82) is 0 Å². The molecule has 3 rings (SSSR count). The summed E-state index contributed by atoms with van der Waals surface area (Å²) in [5.74, 6) is -0.143. The highest BCUT2D eigenvalue weighted by Crippen LogP contribution is 2.22. The second kappa shape index (κ2) is 10.9. The molecule has 0 spiro atoms. The summed E-state index contributed by atoms with van der Waals surface area (Å²) in [5.41, 5.74) is 1.14. The number of carbonyl (C=O) groups is 2. The lowest BCUT2D eigenvalue weighted by Gasteiger charge is -2.22. The molecule has 30 heavy (non-hydrogen) atoms. The monoisotopic (exact) mass is 423 g/mol. The lowest BCUT2D eigenvalue weighted by molar-refractivity contribution is 0.0742. The molecule has 1 N–H and O–H groups in total. The highest BCUT2D eigenvalue weighted by Gasteiger charge is 2.20. The minimum Gasteiger partial charge on any atom is -0.351 e. The van der Waals surface area contributed by atoms with Crippen molar-refractivity contribution in [2.45, 2.75) is 46.1 Å². The Balaban J connectivity index is 1.78. The highest BCUT2D eigenvalue weighted by molar-refractivity contribution is 7.09. The van der Waals surface area contributed by atoms with Crippen LogP contribution in [0.1, 0.15) is 65.4 Å². The summed E-state index contributed by atoms with van der Waals surface area (Å²) in [6.45, 7) is 5.93. The molecule has 5 nitrogen and oxygen atoms in total. The van der Waals surface area contributed by atoms with Gasteiger partial charge in [-0.15, -0.1) is 11.3 Å². The number of aromatic nitrogens is 1. The first-order valence-electron chi connectivity index (χ1n) is 10.6. The van der Waals surface area contributed by atoms with E-state index in [4.69, 9.17) is 0 Å². The molecule has 158 valence electrons. The fourth-order valence-corrected chi connectivity index (χ4v) is 4.09. The predicted octanol–water partition coefficient (Wildman–Crippen LogP) is 5.27. The highest BCUT2D eigenvalue weighted by atomic mass is 32.1. The van der Waals surface area contributed by atoms with Gasteiger partial charge in [-0.05, 0) is 29.7 Å². The Morgan fingerprint density at radius 2 is 1.80 bits per heavy atom. The Bertz CT molecular complexity index is 994. The number of thiazole rings is 1. The van der Waals surface area contributed by atoms with E-state index in [9.17, 15) is 9.59 Å². The average molecular weight is 424 g/mol. The van der Waals surface area contributed by atoms with E-state index >= 15 is 0 Å². The van der Waals surface area contributed by atoms with Crippen LogP contribution in [0.25, 0.3) is 10.8 Å². The Hall–Kier alpha value is -2.73. The van der Waals surface area contributed by atoms with E-state index < -0.39 is 0 Å². The molecule has 0 bridgehead atoms. The Kier molecular flexibility index (Phi) is 7.97. The van der Waals surface area contributed by atoms with Gasteiger partial charge in [0.2, 0.25) is 0 Å². The molecule has 0 aliphatic heterocycles. The summed E-state index contributed by atoms with van der Waals surface area (Å²) in [4.78, 5) is 32.0. The summed E-state index contributed by atoms with van der Waals surface area (Å²) in [7, 11) is 0. The summed E-state index contributed by atoms with van der Waals surface area (Å²) in [6.07, 6.45) is 3.91. The standard InChI is InChI=1S/C24H29N3O2S/c1-3-5-14-25-23(28)21-17-30-22(26-21)16-27(15-6-4-2)24(29)20-13-9-11-18-10-7-8-12-19(18)20/h7-13,17H,3-6,14-16H2,1-2H3,(H,25,28). The fourth-order valence-electron chi connectivity index (χ4n) is 3.30. The van der Waals surface area contributed by atoms with Gasteiger partial charge in [0.25, 0.3) is 11.8 Å². The number of nitrogens with one attached hydrogen (secondary N) is 1. The van der Waals surface area contributed by atoms with Crippen molar-refractivity contribution in [3.8, 4) is 0 Å². The summed E-state index contributed by atoms with van der Waals surface area (Å²) >= 11 is 1.43. The van der Waals surface area contributed by atoms with Crippen LogP contribution in [0.4, 0.5) is 0 Å². The second-order valence-corrected chi connectivity index (χ2v) is 8.29. The predicted molar refractivity (Wildman–Crippen MR) is 123 cm³/mol. The van der Waals surface area contributed by atoms with Crippen molar-refractivity contribution in [2.24, 2.45) is 0 Å². The van der Waals surface area contributed by atoms with E-state index in [2.05, 4.69) is 24.1 Å². The molecule has 0 fully saturated rings. The van der Waals surface area contributed by atoms with Crippen molar-refractivity contribution < 1.29 is 9.59 Å². The van der Waals surface area contributed by atoms with Crippen molar-refractivity contribution in [3.05, 3.63) is 64.1 Å². The fraction of sp³-hybridized carbons (Fsp3) is 0.375. The first-order chi connectivity index (χ1) is 14.6. The first kappa shape index (κ1) is 22.0. The van der Waals surface area contributed by atoms with E-state index in [0.29, 0.717) is 30.9 Å². The van der Waals surface area contributed by atoms with Gasteiger partial charge in [-0.1, -0.05) is 63.1 Å².